The van der Waals surface area contributed by atoms with Crippen LogP contribution in [0.25, 0.3) is 21.9 Å². The van der Waals surface area contributed by atoms with Gasteiger partial charge in [0.25, 0.3) is 0 Å². The van der Waals surface area contributed by atoms with Gasteiger partial charge in [-0.05, 0) is 36.2 Å². The Morgan fingerprint density at radius 2 is 1.84 bits per heavy atom. The van der Waals surface area contributed by atoms with Gasteiger partial charge < -0.3 is 14.6 Å². The summed E-state index contributed by atoms with van der Waals surface area (Å²) in [5.74, 6) is 0.110. The molecule has 160 valence electrons. The Balaban J connectivity index is 1.29. The molecule has 1 fully saturated rings. The predicted molar refractivity (Wildman–Crippen MR) is 117 cm³/mol. The molecule has 0 bridgehead atoms. The summed E-state index contributed by atoms with van der Waals surface area (Å²) in [5.41, 5.74) is 3.62. The fourth-order valence-corrected chi connectivity index (χ4v) is 4.20. The smallest absolute Gasteiger partial charge is 0.159 e. The average molecular weight is 423 g/mol. The van der Waals surface area contributed by atoms with Crippen molar-refractivity contribution in [3.63, 3.8) is 0 Å². The summed E-state index contributed by atoms with van der Waals surface area (Å²) in [6, 6.07) is 10.0. The van der Waals surface area contributed by atoms with Gasteiger partial charge in [-0.25, -0.2) is 18.7 Å². The first-order chi connectivity index (χ1) is 15.1. The molecule has 1 aliphatic rings. The molecule has 2 aromatic carbocycles. The summed E-state index contributed by atoms with van der Waals surface area (Å²) in [6.45, 7) is 4.24. The minimum Gasteiger partial charge on any atom is -0.497 e. The zero-order valence-electron chi connectivity index (χ0n) is 17.2. The van der Waals surface area contributed by atoms with Gasteiger partial charge in [-0.3, -0.25) is 4.90 Å². The zero-order chi connectivity index (χ0) is 21.4. The van der Waals surface area contributed by atoms with E-state index in [1.165, 1.54) is 12.1 Å². The highest BCUT2D eigenvalue weighted by Gasteiger charge is 2.21. The molecule has 0 amide bonds. The van der Waals surface area contributed by atoms with Crippen LogP contribution < -0.4 is 9.64 Å². The number of hydrogen-bond acceptors (Lipinski definition) is 5. The number of aromatic nitrogens is 3. The van der Waals surface area contributed by atoms with Gasteiger partial charge in [0.15, 0.2) is 17.5 Å². The third kappa shape index (κ3) is 3.79. The van der Waals surface area contributed by atoms with Crippen LogP contribution in [-0.4, -0.2) is 59.7 Å². The van der Waals surface area contributed by atoms with Gasteiger partial charge in [-0.15, -0.1) is 0 Å². The first kappa shape index (κ1) is 19.7. The highest BCUT2D eigenvalue weighted by atomic mass is 19.2. The third-order valence-electron chi connectivity index (χ3n) is 5.94. The Hall–Kier alpha value is -3.26. The largest absolute Gasteiger partial charge is 0.497 e. The van der Waals surface area contributed by atoms with Crippen molar-refractivity contribution < 1.29 is 13.5 Å². The topological polar surface area (TPSA) is 57.3 Å². The molecule has 1 N–H and O–H groups in total. The number of nitrogens with zero attached hydrogens (tertiary/aromatic N) is 4. The molecule has 2 aromatic heterocycles. The van der Waals surface area contributed by atoms with E-state index in [1.54, 1.807) is 19.5 Å². The van der Waals surface area contributed by atoms with Crippen molar-refractivity contribution in [2.24, 2.45) is 0 Å². The van der Waals surface area contributed by atoms with Gasteiger partial charge in [0.1, 0.15) is 23.1 Å². The van der Waals surface area contributed by atoms with Crippen LogP contribution in [0.15, 0.2) is 42.7 Å². The van der Waals surface area contributed by atoms with E-state index >= 15 is 0 Å². The van der Waals surface area contributed by atoms with E-state index in [-0.39, 0.29) is 0 Å². The Morgan fingerprint density at radius 3 is 2.61 bits per heavy atom. The highest BCUT2D eigenvalue weighted by Crippen LogP contribution is 2.31. The van der Waals surface area contributed by atoms with E-state index in [1.807, 2.05) is 18.2 Å². The van der Waals surface area contributed by atoms with E-state index in [0.29, 0.717) is 6.42 Å². The number of methoxy groups -OCH3 is 1. The minimum absolute atomic E-state index is 0.693. The summed E-state index contributed by atoms with van der Waals surface area (Å²) < 4.78 is 31.9. The SMILES string of the molecule is COc1ccc2c(c1)[nH]c1c(N3CCN(CCc4ccc(F)c(F)c4)CC3)ncnc12. The number of ether oxygens (including phenoxy) is 1. The van der Waals surface area contributed by atoms with Crippen LogP contribution in [0.3, 0.4) is 0 Å². The molecule has 1 aliphatic heterocycles. The number of anilines is 1. The van der Waals surface area contributed by atoms with Gasteiger partial charge in [-0.2, -0.15) is 0 Å². The Labute approximate surface area is 178 Å². The summed E-state index contributed by atoms with van der Waals surface area (Å²) in [4.78, 5) is 17.1. The molecule has 0 atom stereocenters. The molecule has 0 radical (unpaired) electrons. The maximum atomic E-state index is 13.4. The normalized spacial score (nSPS) is 15.1. The van der Waals surface area contributed by atoms with Crippen LogP contribution >= 0.6 is 0 Å². The number of H-pyrrole nitrogens is 1. The molecular weight excluding hydrogens is 400 g/mol. The number of aromatic amines is 1. The lowest BCUT2D eigenvalue weighted by Gasteiger charge is -2.35. The summed E-state index contributed by atoms with van der Waals surface area (Å²) in [7, 11) is 1.65. The lowest BCUT2D eigenvalue weighted by molar-refractivity contribution is 0.260. The number of rotatable bonds is 5. The molecule has 8 heteroatoms. The van der Waals surface area contributed by atoms with Gasteiger partial charge in [0.2, 0.25) is 0 Å². The molecule has 4 aromatic rings. The highest BCUT2D eigenvalue weighted by molar-refractivity contribution is 6.08. The first-order valence-corrected chi connectivity index (χ1v) is 10.3. The fraction of sp³-hybridized carbons (Fsp3) is 0.304. The second-order valence-corrected chi connectivity index (χ2v) is 7.78. The van der Waals surface area contributed by atoms with Crippen molar-refractivity contribution in [1.29, 1.82) is 0 Å². The van der Waals surface area contributed by atoms with Gasteiger partial charge in [-0.1, -0.05) is 6.07 Å². The average Bonchev–Trinajstić information content (AvgIpc) is 3.18. The zero-order valence-corrected chi connectivity index (χ0v) is 17.2. The summed E-state index contributed by atoms with van der Waals surface area (Å²) >= 11 is 0. The van der Waals surface area contributed by atoms with Gasteiger partial charge in [0, 0.05) is 44.2 Å². The van der Waals surface area contributed by atoms with E-state index in [2.05, 4.69) is 24.8 Å². The molecule has 0 spiro atoms. The van der Waals surface area contributed by atoms with E-state index in [9.17, 15) is 8.78 Å². The number of hydrogen-bond donors (Lipinski definition) is 1. The number of halogens is 2. The van der Waals surface area contributed by atoms with Crippen molar-refractivity contribution >= 4 is 27.8 Å². The Kier molecular flexibility index (Phi) is 5.15. The maximum absolute atomic E-state index is 13.4. The van der Waals surface area contributed by atoms with Crippen molar-refractivity contribution in [3.8, 4) is 5.75 Å². The van der Waals surface area contributed by atoms with Crippen LogP contribution in [-0.2, 0) is 6.42 Å². The van der Waals surface area contributed by atoms with Crippen molar-refractivity contribution in [2.75, 3.05) is 44.7 Å². The first-order valence-electron chi connectivity index (χ1n) is 10.3. The van der Waals surface area contributed by atoms with E-state index < -0.39 is 11.6 Å². The molecule has 0 aliphatic carbocycles. The fourth-order valence-electron chi connectivity index (χ4n) is 4.20. The number of piperazine rings is 1. The Morgan fingerprint density at radius 1 is 1.00 bits per heavy atom. The van der Waals surface area contributed by atoms with Crippen LogP contribution in [0.5, 0.6) is 5.75 Å². The van der Waals surface area contributed by atoms with Crippen LogP contribution in [0.2, 0.25) is 0 Å². The standard InChI is InChI=1S/C23H23F2N5O/c1-31-16-3-4-17-20(13-16)28-22-21(17)26-14-27-23(22)30-10-8-29(9-11-30)7-6-15-2-5-18(24)19(25)12-15/h2-5,12-14,28H,6-11H2,1H3. The maximum Gasteiger partial charge on any atom is 0.159 e. The van der Waals surface area contributed by atoms with Crippen molar-refractivity contribution in [3.05, 3.63) is 59.9 Å². The van der Waals surface area contributed by atoms with Crippen molar-refractivity contribution in [1.82, 2.24) is 19.9 Å². The lowest BCUT2D eigenvalue weighted by Crippen LogP contribution is -2.47. The lowest BCUT2D eigenvalue weighted by atomic mass is 10.1. The third-order valence-corrected chi connectivity index (χ3v) is 5.94. The second-order valence-electron chi connectivity index (χ2n) is 7.78. The monoisotopic (exact) mass is 423 g/mol. The van der Waals surface area contributed by atoms with E-state index in [4.69, 9.17) is 4.74 Å². The van der Waals surface area contributed by atoms with Gasteiger partial charge in [0.05, 0.1) is 12.6 Å². The summed E-state index contributed by atoms with van der Waals surface area (Å²) in [5, 5.41) is 1.05. The molecule has 6 nitrogen and oxygen atoms in total. The van der Waals surface area contributed by atoms with Crippen molar-refractivity contribution in [2.45, 2.75) is 6.42 Å². The number of nitrogens with one attached hydrogen (secondary N) is 1. The molecule has 0 unspecified atom stereocenters. The van der Waals surface area contributed by atoms with Crippen LogP contribution in [0, 0.1) is 11.6 Å². The molecule has 1 saturated heterocycles. The van der Waals surface area contributed by atoms with Crippen LogP contribution in [0.4, 0.5) is 14.6 Å². The van der Waals surface area contributed by atoms with E-state index in [0.717, 1.165) is 71.8 Å². The molecule has 31 heavy (non-hydrogen) atoms. The molecule has 3 heterocycles. The van der Waals surface area contributed by atoms with Gasteiger partial charge >= 0.3 is 0 Å². The predicted octanol–water partition coefficient (Wildman–Crippen LogP) is 3.76. The minimum atomic E-state index is -0.802. The molecule has 0 saturated carbocycles. The van der Waals surface area contributed by atoms with Crippen LogP contribution in [0.1, 0.15) is 5.56 Å². The Bertz CT molecular complexity index is 1230. The molecule has 5 rings (SSSR count). The number of benzene rings is 2. The number of fused-ring (bicyclic) bond motifs is 3. The quantitative estimate of drug-likeness (QED) is 0.530. The second kappa shape index (κ2) is 8.11. The summed E-state index contributed by atoms with van der Waals surface area (Å²) in [6.07, 6.45) is 2.31. The molecular formula is C23H23F2N5O.